The molecule has 0 bridgehead atoms. The third-order valence-electron chi connectivity index (χ3n) is 1.41. The molecule has 0 aliphatic rings. The average Bonchev–Trinajstić information content (AvgIpc) is 1.93. The van der Waals surface area contributed by atoms with E-state index < -0.39 is 0 Å². The summed E-state index contributed by atoms with van der Waals surface area (Å²) in [6.07, 6.45) is 0. The van der Waals surface area contributed by atoms with Crippen molar-refractivity contribution >= 4 is 4.04 Å². The second-order valence-corrected chi connectivity index (χ2v) is 3.63. The van der Waals surface area contributed by atoms with E-state index in [-0.39, 0.29) is 12.4 Å². The molecule has 0 aromatic heterocycles. The van der Waals surface area contributed by atoms with Gasteiger partial charge in [-0.2, -0.15) is 0 Å². The van der Waals surface area contributed by atoms with Gasteiger partial charge in [0.15, 0.2) is 0 Å². The van der Waals surface area contributed by atoms with Gasteiger partial charge in [0.25, 0.3) is 0 Å². The summed E-state index contributed by atoms with van der Waals surface area (Å²) in [6.45, 7) is 0.997. The van der Waals surface area contributed by atoms with Crippen molar-refractivity contribution in [1.29, 1.82) is 0 Å². The van der Waals surface area contributed by atoms with Crippen LogP contribution in [0.3, 0.4) is 0 Å². The zero-order chi connectivity index (χ0) is 8.27. The minimum Gasteiger partial charge on any atom is -1.00 e. The Morgan fingerprint density at radius 2 is 1.83 bits per heavy atom. The SMILES string of the molecule is CN(C)Cc1cccc[c]1[Pd+].[Cl-]. The number of rotatable bonds is 2. The Kier molecular flexibility index (Phi) is 5.79. The maximum Gasteiger partial charge on any atom is -1.00 e. The van der Waals surface area contributed by atoms with Gasteiger partial charge in [-0.15, -0.1) is 0 Å². The van der Waals surface area contributed by atoms with E-state index in [2.05, 4.69) is 56.4 Å². The summed E-state index contributed by atoms with van der Waals surface area (Å²) in [5.41, 5.74) is 1.35. The van der Waals surface area contributed by atoms with E-state index >= 15 is 0 Å². The molecular weight excluding hydrogens is 264 g/mol. The van der Waals surface area contributed by atoms with Crippen molar-refractivity contribution in [3.05, 3.63) is 29.8 Å². The Morgan fingerprint density at radius 3 is 2.33 bits per heavy atom. The van der Waals surface area contributed by atoms with Gasteiger partial charge in [0, 0.05) is 0 Å². The summed E-state index contributed by atoms with van der Waals surface area (Å²) in [5.74, 6) is 0. The van der Waals surface area contributed by atoms with Gasteiger partial charge < -0.3 is 12.4 Å². The zero-order valence-electron chi connectivity index (χ0n) is 7.16. The summed E-state index contributed by atoms with van der Waals surface area (Å²) in [7, 11) is 4.15. The first-order valence-electron chi connectivity index (χ1n) is 3.55. The fourth-order valence-electron chi connectivity index (χ4n) is 0.951. The van der Waals surface area contributed by atoms with E-state index in [1.54, 1.807) is 0 Å². The van der Waals surface area contributed by atoms with Crippen LogP contribution >= 0.6 is 0 Å². The van der Waals surface area contributed by atoms with Crippen molar-refractivity contribution in [3.63, 3.8) is 0 Å². The van der Waals surface area contributed by atoms with E-state index in [1.807, 2.05) is 6.07 Å². The van der Waals surface area contributed by atoms with Crippen molar-refractivity contribution in [2.75, 3.05) is 14.1 Å². The van der Waals surface area contributed by atoms with Crippen molar-refractivity contribution < 1.29 is 31.6 Å². The first-order valence-corrected chi connectivity index (χ1v) is 4.33. The molecule has 0 heterocycles. The maximum absolute atomic E-state index is 3.23. The van der Waals surface area contributed by atoms with Crippen molar-refractivity contribution in [2.45, 2.75) is 6.54 Å². The van der Waals surface area contributed by atoms with Crippen LogP contribution in [0.5, 0.6) is 0 Å². The Bertz CT molecular complexity index is 238. The quantitative estimate of drug-likeness (QED) is 0.561. The summed E-state index contributed by atoms with van der Waals surface area (Å²) < 4.78 is 1.23. The Balaban J connectivity index is 0.00000121. The largest absolute Gasteiger partial charge is 1.00 e. The van der Waals surface area contributed by atoms with Crippen LogP contribution in [0, 0.1) is 0 Å². The molecule has 1 aromatic rings. The molecule has 1 nitrogen and oxygen atoms in total. The van der Waals surface area contributed by atoms with Gasteiger partial charge in [-0.3, -0.25) is 0 Å². The third-order valence-corrected chi connectivity index (χ3v) is 2.17. The second kappa shape index (κ2) is 5.72. The van der Waals surface area contributed by atoms with Crippen LogP contribution in [0.15, 0.2) is 24.3 Å². The van der Waals surface area contributed by atoms with Gasteiger partial charge in [-0.1, -0.05) is 0 Å². The minimum atomic E-state index is 0. The normalized spacial score (nSPS) is 9.75. The van der Waals surface area contributed by atoms with Crippen LogP contribution in [0.1, 0.15) is 5.56 Å². The molecular formula is C9H12ClNPd. The molecule has 1 aromatic carbocycles. The van der Waals surface area contributed by atoms with Crippen molar-refractivity contribution in [2.24, 2.45) is 0 Å². The van der Waals surface area contributed by atoms with Crippen LogP contribution in [0.2, 0.25) is 0 Å². The summed E-state index contributed by atoms with van der Waals surface area (Å²) in [6, 6.07) is 8.33. The standard InChI is InChI=1S/C9H12N.ClH.Pd/c1-10(2)8-9-6-4-3-5-7-9;;/h3-6H,8H2,1-2H3;1H;/q;;+1/p-1. The molecule has 0 atom stereocenters. The van der Waals surface area contributed by atoms with Crippen LogP contribution < -0.4 is 16.4 Å². The molecule has 0 aliphatic carbocycles. The fraction of sp³-hybridized carbons (Fsp3) is 0.333. The van der Waals surface area contributed by atoms with Gasteiger partial charge >= 0.3 is 78.6 Å². The molecule has 0 amide bonds. The van der Waals surface area contributed by atoms with E-state index in [0.29, 0.717) is 0 Å². The predicted molar refractivity (Wildman–Crippen MR) is 43.5 cm³/mol. The molecule has 0 radical (unpaired) electrons. The van der Waals surface area contributed by atoms with E-state index in [0.717, 1.165) is 6.54 Å². The fourth-order valence-corrected chi connectivity index (χ4v) is 1.35. The number of hydrogen-bond acceptors (Lipinski definition) is 1. The van der Waals surface area contributed by atoms with Crippen LogP contribution in [-0.4, -0.2) is 19.0 Å². The number of benzene rings is 1. The monoisotopic (exact) mass is 275 g/mol. The Hall–Kier alpha value is 0.132. The molecule has 0 saturated heterocycles. The van der Waals surface area contributed by atoms with Crippen LogP contribution in [-0.2, 0) is 25.7 Å². The molecule has 0 N–H and O–H groups in total. The smallest absolute Gasteiger partial charge is 1.00 e. The molecule has 0 fully saturated rings. The molecule has 0 aliphatic heterocycles. The maximum atomic E-state index is 3.23. The van der Waals surface area contributed by atoms with Crippen LogP contribution in [0.25, 0.3) is 0 Å². The zero-order valence-corrected chi connectivity index (χ0v) is 9.47. The van der Waals surface area contributed by atoms with Gasteiger partial charge in [-0.05, 0) is 0 Å². The summed E-state index contributed by atoms with van der Waals surface area (Å²) in [4.78, 5) is 2.16. The first-order chi connectivity index (χ1) is 5.20. The minimum absolute atomic E-state index is 0. The third kappa shape index (κ3) is 3.69. The van der Waals surface area contributed by atoms with Gasteiger partial charge in [0.1, 0.15) is 0 Å². The summed E-state index contributed by atoms with van der Waals surface area (Å²) in [5, 5.41) is 0. The molecule has 0 spiro atoms. The Morgan fingerprint density at radius 1 is 1.25 bits per heavy atom. The van der Waals surface area contributed by atoms with Crippen molar-refractivity contribution in [3.8, 4) is 0 Å². The number of nitrogens with zero attached hydrogens (tertiary/aromatic N) is 1. The van der Waals surface area contributed by atoms with Gasteiger partial charge in [0.05, 0.1) is 0 Å². The predicted octanol–water partition coefficient (Wildman–Crippen LogP) is -2.08. The Labute approximate surface area is 91.0 Å². The molecule has 12 heavy (non-hydrogen) atoms. The molecule has 1 rings (SSSR count). The van der Waals surface area contributed by atoms with Crippen LogP contribution in [0.4, 0.5) is 0 Å². The molecule has 3 heteroatoms. The number of halogens is 1. The van der Waals surface area contributed by atoms with E-state index in [9.17, 15) is 0 Å². The van der Waals surface area contributed by atoms with Gasteiger partial charge in [-0.25, -0.2) is 0 Å². The van der Waals surface area contributed by atoms with Gasteiger partial charge in [0.2, 0.25) is 0 Å². The topological polar surface area (TPSA) is 3.24 Å². The van der Waals surface area contributed by atoms with Crippen molar-refractivity contribution in [1.82, 2.24) is 4.90 Å². The molecule has 0 unspecified atom stereocenters. The first kappa shape index (κ1) is 12.1. The molecule has 70 valence electrons. The summed E-state index contributed by atoms with van der Waals surface area (Å²) >= 11 is 3.23. The second-order valence-electron chi connectivity index (χ2n) is 2.80. The molecule has 0 saturated carbocycles. The average molecular weight is 276 g/mol. The van der Waals surface area contributed by atoms with E-state index in [4.69, 9.17) is 0 Å². The van der Waals surface area contributed by atoms with E-state index in [1.165, 1.54) is 9.60 Å². The number of hydrogen-bond donors (Lipinski definition) is 0.